The first-order valence-corrected chi connectivity index (χ1v) is 7.75. The predicted molar refractivity (Wildman–Crippen MR) is 91.7 cm³/mol. The molecule has 0 atom stereocenters. The van der Waals surface area contributed by atoms with Gasteiger partial charge in [0.2, 0.25) is 5.91 Å². The van der Waals surface area contributed by atoms with E-state index < -0.39 is 0 Å². The molecule has 2 aromatic carbocycles. The highest BCUT2D eigenvalue weighted by atomic mass is 79.9. The molecule has 4 nitrogen and oxygen atoms in total. The normalized spacial score (nSPS) is 10.9. The van der Waals surface area contributed by atoms with Crippen LogP contribution in [0.15, 0.2) is 46.0 Å². The number of rotatable bonds is 4. The van der Waals surface area contributed by atoms with Crippen molar-refractivity contribution in [3.05, 3.63) is 62.0 Å². The minimum Gasteiger partial charge on any atom is -0.506 e. The Morgan fingerprint density at radius 3 is 2.64 bits per heavy atom. The summed E-state index contributed by atoms with van der Waals surface area (Å²) in [6.07, 6.45) is 1.49. The standard InChI is InChI=1S/C15H11BrCl2N2O2/c16-11-3-1-9(2-4-11)5-14(21)20-19-8-10-6-12(17)7-13(18)15(10)22/h1-4,6-8,22H,5H2,(H,20,21)/b19-8+. The van der Waals surface area contributed by atoms with Gasteiger partial charge in [-0.25, -0.2) is 5.43 Å². The number of benzene rings is 2. The Morgan fingerprint density at radius 1 is 1.27 bits per heavy atom. The van der Waals surface area contributed by atoms with E-state index >= 15 is 0 Å². The molecule has 22 heavy (non-hydrogen) atoms. The lowest BCUT2D eigenvalue weighted by atomic mass is 10.1. The van der Waals surface area contributed by atoms with Crippen molar-refractivity contribution < 1.29 is 9.90 Å². The van der Waals surface area contributed by atoms with Gasteiger partial charge < -0.3 is 5.11 Å². The maximum Gasteiger partial charge on any atom is 0.244 e. The van der Waals surface area contributed by atoms with Gasteiger partial charge in [0.05, 0.1) is 17.7 Å². The van der Waals surface area contributed by atoms with Crippen LogP contribution in [-0.4, -0.2) is 17.2 Å². The van der Waals surface area contributed by atoms with Gasteiger partial charge in [0.25, 0.3) is 0 Å². The summed E-state index contributed by atoms with van der Waals surface area (Å²) >= 11 is 15.0. The molecule has 2 rings (SSSR count). The number of nitrogens with one attached hydrogen (secondary N) is 1. The molecule has 7 heteroatoms. The van der Waals surface area contributed by atoms with Crippen molar-refractivity contribution in [3.8, 4) is 5.75 Å². The molecule has 0 saturated carbocycles. The minimum absolute atomic E-state index is 0.120. The van der Waals surface area contributed by atoms with Gasteiger partial charge in [-0.2, -0.15) is 5.10 Å². The number of hydrogen-bond acceptors (Lipinski definition) is 3. The Kier molecular flexibility index (Phi) is 5.83. The minimum atomic E-state index is -0.272. The van der Waals surface area contributed by atoms with E-state index in [0.717, 1.165) is 10.0 Å². The summed E-state index contributed by atoms with van der Waals surface area (Å²) in [6, 6.07) is 10.3. The van der Waals surface area contributed by atoms with Gasteiger partial charge in [-0.3, -0.25) is 4.79 Å². The highest BCUT2D eigenvalue weighted by Crippen LogP contribution is 2.29. The third kappa shape index (κ3) is 4.73. The second-order valence-electron chi connectivity index (χ2n) is 4.42. The van der Waals surface area contributed by atoms with Gasteiger partial charge in [-0.1, -0.05) is 51.3 Å². The van der Waals surface area contributed by atoms with E-state index in [0.29, 0.717) is 10.6 Å². The first-order chi connectivity index (χ1) is 10.5. The number of carbonyl (C=O) groups excluding carboxylic acids is 1. The van der Waals surface area contributed by atoms with Crippen LogP contribution in [-0.2, 0) is 11.2 Å². The average Bonchev–Trinajstić information content (AvgIpc) is 2.46. The lowest BCUT2D eigenvalue weighted by molar-refractivity contribution is -0.120. The number of aromatic hydroxyl groups is 1. The SMILES string of the molecule is O=C(Cc1ccc(Br)cc1)N/N=C/c1cc(Cl)cc(Cl)c1O. The van der Waals surface area contributed by atoms with Crippen molar-refractivity contribution in [2.75, 3.05) is 0 Å². The largest absolute Gasteiger partial charge is 0.506 e. The van der Waals surface area contributed by atoms with E-state index in [-0.39, 0.29) is 23.1 Å². The van der Waals surface area contributed by atoms with Crippen molar-refractivity contribution in [2.45, 2.75) is 6.42 Å². The van der Waals surface area contributed by atoms with Gasteiger partial charge in [0.15, 0.2) is 0 Å². The number of amides is 1. The fraction of sp³-hybridized carbons (Fsp3) is 0.0667. The zero-order valence-corrected chi connectivity index (χ0v) is 14.3. The molecule has 0 aliphatic carbocycles. The molecule has 0 aliphatic rings. The van der Waals surface area contributed by atoms with Gasteiger partial charge >= 0.3 is 0 Å². The summed E-state index contributed by atoms with van der Waals surface area (Å²) < 4.78 is 0.947. The summed E-state index contributed by atoms with van der Waals surface area (Å²) in [4.78, 5) is 11.8. The zero-order valence-electron chi connectivity index (χ0n) is 11.2. The van der Waals surface area contributed by atoms with Crippen LogP contribution in [0.5, 0.6) is 5.75 Å². The lowest BCUT2D eigenvalue weighted by Crippen LogP contribution is -2.19. The molecule has 0 aliphatic heterocycles. The molecule has 0 heterocycles. The first kappa shape index (κ1) is 16.8. The van der Waals surface area contributed by atoms with Crippen molar-refractivity contribution in [2.24, 2.45) is 5.10 Å². The lowest BCUT2D eigenvalue weighted by Gasteiger charge is -2.03. The zero-order chi connectivity index (χ0) is 16.1. The topological polar surface area (TPSA) is 61.7 Å². The number of nitrogens with zero attached hydrogens (tertiary/aromatic N) is 1. The Morgan fingerprint density at radius 2 is 1.95 bits per heavy atom. The van der Waals surface area contributed by atoms with Crippen molar-refractivity contribution in [1.82, 2.24) is 5.43 Å². The molecular formula is C15H11BrCl2N2O2. The van der Waals surface area contributed by atoms with Gasteiger partial charge in [0.1, 0.15) is 5.75 Å². The van der Waals surface area contributed by atoms with Crippen molar-refractivity contribution in [1.29, 1.82) is 0 Å². The second kappa shape index (κ2) is 7.63. The van der Waals surface area contributed by atoms with E-state index in [2.05, 4.69) is 26.5 Å². The fourth-order valence-electron chi connectivity index (χ4n) is 1.69. The third-order valence-electron chi connectivity index (χ3n) is 2.73. The molecule has 0 radical (unpaired) electrons. The molecular weight excluding hydrogens is 391 g/mol. The molecule has 0 unspecified atom stereocenters. The van der Waals surface area contributed by atoms with Crippen LogP contribution in [0.2, 0.25) is 10.0 Å². The fourth-order valence-corrected chi connectivity index (χ4v) is 2.46. The maximum absolute atomic E-state index is 11.8. The van der Waals surface area contributed by atoms with Gasteiger partial charge in [0, 0.05) is 15.1 Å². The quantitative estimate of drug-likeness (QED) is 0.596. The number of phenolic OH excluding ortho intramolecular Hbond substituents is 1. The molecule has 2 aromatic rings. The maximum atomic E-state index is 11.8. The van der Waals surface area contributed by atoms with E-state index in [1.165, 1.54) is 18.3 Å². The summed E-state index contributed by atoms with van der Waals surface area (Å²) in [5.41, 5.74) is 3.57. The van der Waals surface area contributed by atoms with E-state index in [1.807, 2.05) is 24.3 Å². The average molecular weight is 402 g/mol. The molecule has 0 saturated heterocycles. The summed E-state index contributed by atoms with van der Waals surface area (Å²) in [5, 5.41) is 14.0. The molecule has 114 valence electrons. The molecule has 0 aromatic heterocycles. The van der Waals surface area contributed by atoms with E-state index in [4.69, 9.17) is 23.2 Å². The Balaban J connectivity index is 1.97. The van der Waals surface area contributed by atoms with Crippen molar-refractivity contribution >= 4 is 51.3 Å². The highest BCUT2D eigenvalue weighted by molar-refractivity contribution is 9.10. The highest BCUT2D eigenvalue weighted by Gasteiger charge is 2.06. The van der Waals surface area contributed by atoms with Crippen LogP contribution in [0.4, 0.5) is 0 Å². The van der Waals surface area contributed by atoms with Gasteiger partial charge in [-0.05, 0) is 29.8 Å². The third-order valence-corrected chi connectivity index (χ3v) is 3.76. The van der Waals surface area contributed by atoms with E-state index in [9.17, 15) is 9.90 Å². The van der Waals surface area contributed by atoms with Crippen LogP contribution in [0.3, 0.4) is 0 Å². The summed E-state index contributed by atoms with van der Waals surface area (Å²) in [7, 11) is 0. The molecule has 0 bridgehead atoms. The van der Waals surface area contributed by atoms with Crippen LogP contribution >= 0.6 is 39.1 Å². The molecule has 0 fully saturated rings. The monoisotopic (exact) mass is 400 g/mol. The number of halogens is 3. The number of hydrogen-bond donors (Lipinski definition) is 2. The van der Waals surface area contributed by atoms with Crippen LogP contribution in [0.1, 0.15) is 11.1 Å². The molecule has 2 N–H and O–H groups in total. The number of hydrazone groups is 1. The van der Waals surface area contributed by atoms with E-state index in [1.54, 1.807) is 0 Å². The molecule has 0 spiro atoms. The first-order valence-electron chi connectivity index (χ1n) is 6.20. The van der Waals surface area contributed by atoms with Crippen LogP contribution in [0, 0.1) is 0 Å². The Bertz CT molecular complexity index is 718. The Labute approximate surface area is 145 Å². The van der Waals surface area contributed by atoms with Crippen LogP contribution < -0.4 is 5.43 Å². The number of carbonyl (C=O) groups is 1. The van der Waals surface area contributed by atoms with Gasteiger partial charge in [-0.15, -0.1) is 0 Å². The smallest absolute Gasteiger partial charge is 0.244 e. The molecule has 1 amide bonds. The predicted octanol–water partition coefficient (Wildman–Crippen LogP) is 4.15. The Hall–Kier alpha value is -1.56. The summed E-state index contributed by atoms with van der Waals surface area (Å²) in [6.45, 7) is 0. The summed E-state index contributed by atoms with van der Waals surface area (Å²) in [5.74, 6) is -0.414. The van der Waals surface area contributed by atoms with Crippen LogP contribution in [0.25, 0.3) is 0 Å². The second-order valence-corrected chi connectivity index (χ2v) is 6.18. The van der Waals surface area contributed by atoms with Crippen molar-refractivity contribution in [3.63, 3.8) is 0 Å². The number of phenols is 1.